The fourth-order valence-electron chi connectivity index (χ4n) is 2.76. The molecule has 2 aromatic rings. The SMILES string of the molecule is O=C[C@H]1[C@H](c2cccc(F)c2)[C@@H]1S(=O)(=O)c1ccccc1. The van der Waals surface area contributed by atoms with Crippen LogP contribution in [-0.4, -0.2) is 20.0 Å². The van der Waals surface area contributed by atoms with Crippen molar-refractivity contribution in [2.45, 2.75) is 16.1 Å². The number of carbonyl (C=O) groups is 1. The number of halogens is 1. The molecule has 0 bridgehead atoms. The first-order valence-electron chi connectivity index (χ1n) is 6.55. The Bertz CT molecular complexity index is 771. The van der Waals surface area contributed by atoms with Gasteiger partial charge in [-0.15, -0.1) is 0 Å². The number of aldehydes is 1. The predicted molar refractivity (Wildman–Crippen MR) is 76.1 cm³/mol. The van der Waals surface area contributed by atoms with E-state index < -0.39 is 32.7 Å². The van der Waals surface area contributed by atoms with E-state index in [1.165, 1.54) is 30.3 Å². The zero-order valence-electron chi connectivity index (χ0n) is 11.0. The second-order valence-corrected chi connectivity index (χ2v) is 7.22. The van der Waals surface area contributed by atoms with E-state index in [2.05, 4.69) is 0 Å². The lowest BCUT2D eigenvalue weighted by atomic mass is 10.1. The third-order valence-electron chi connectivity index (χ3n) is 3.83. The molecule has 0 amide bonds. The lowest BCUT2D eigenvalue weighted by Crippen LogP contribution is -2.10. The van der Waals surface area contributed by atoms with E-state index in [1.54, 1.807) is 24.3 Å². The maximum Gasteiger partial charge on any atom is 0.182 e. The average molecular weight is 304 g/mol. The Morgan fingerprint density at radius 1 is 1.00 bits per heavy atom. The van der Waals surface area contributed by atoms with Crippen molar-refractivity contribution in [1.82, 2.24) is 0 Å². The predicted octanol–water partition coefficient (Wildman–Crippen LogP) is 2.58. The first-order valence-corrected chi connectivity index (χ1v) is 8.10. The average Bonchev–Trinajstić information content (AvgIpc) is 3.23. The number of hydrogen-bond acceptors (Lipinski definition) is 3. The molecule has 1 saturated carbocycles. The molecule has 1 aliphatic carbocycles. The van der Waals surface area contributed by atoms with Gasteiger partial charge < -0.3 is 4.79 Å². The summed E-state index contributed by atoms with van der Waals surface area (Å²) in [4.78, 5) is 11.4. The molecule has 5 heteroatoms. The van der Waals surface area contributed by atoms with Crippen molar-refractivity contribution in [2.75, 3.05) is 0 Å². The van der Waals surface area contributed by atoms with E-state index in [1.807, 2.05) is 0 Å². The minimum absolute atomic E-state index is 0.195. The zero-order valence-corrected chi connectivity index (χ0v) is 11.8. The molecule has 3 rings (SSSR count). The lowest BCUT2D eigenvalue weighted by Gasteiger charge is -2.04. The highest BCUT2D eigenvalue weighted by Gasteiger charge is 2.59. The minimum Gasteiger partial charge on any atom is -0.303 e. The number of sulfone groups is 1. The van der Waals surface area contributed by atoms with Crippen LogP contribution in [0.2, 0.25) is 0 Å². The summed E-state index contributed by atoms with van der Waals surface area (Å²) in [6, 6.07) is 13.8. The summed E-state index contributed by atoms with van der Waals surface area (Å²) in [6.45, 7) is 0. The van der Waals surface area contributed by atoms with Gasteiger partial charge in [-0.3, -0.25) is 0 Å². The number of carbonyl (C=O) groups excluding carboxylic acids is 1. The van der Waals surface area contributed by atoms with Gasteiger partial charge in [0, 0.05) is 11.8 Å². The van der Waals surface area contributed by atoms with Crippen LogP contribution in [0.1, 0.15) is 11.5 Å². The smallest absolute Gasteiger partial charge is 0.182 e. The Hall–Kier alpha value is -2.01. The van der Waals surface area contributed by atoms with E-state index in [0.717, 1.165) is 0 Å². The van der Waals surface area contributed by atoms with Gasteiger partial charge in [-0.25, -0.2) is 12.8 Å². The van der Waals surface area contributed by atoms with Gasteiger partial charge in [0.2, 0.25) is 0 Å². The Labute approximate surface area is 122 Å². The zero-order chi connectivity index (χ0) is 15.0. The summed E-state index contributed by atoms with van der Waals surface area (Å²) in [6.07, 6.45) is 0.654. The van der Waals surface area contributed by atoms with Crippen LogP contribution in [-0.2, 0) is 14.6 Å². The Morgan fingerprint density at radius 2 is 1.71 bits per heavy atom. The highest BCUT2D eigenvalue weighted by Crippen LogP contribution is 2.52. The standard InChI is InChI=1S/C16H13FO3S/c17-12-6-4-5-11(9-12)15-14(10-18)16(15)21(19,20)13-7-2-1-3-8-13/h1-10,14-16H/t14-,15-,16+/m0/s1. The molecule has 3 nitrogen and oxygen atoms in total. The molecule has 21 heavy (non-hydrogen) atoms. The summed E-state index contributed by atoms with van der Waals surface area (Å²) < 4.78 is 38.5. The van der Waals surface area contributed by atoms with E-state index >= 15 is 0 Å². The highest BCUT2D eigenvalue weighted by atomic mass is 32.2. The van der Waals surface area contributed by atoms with Crippen LogP contribution in [0.4, 0.5) is 4.39 Å². The van der Waals surface area contributed by atoms with Crippen molar-refractivity contribution >= 4 is 16.1 Å². The van der Waals surface area contributed by atoms with E-state index in [0.29, 0.717) is 11.8 Å². The summed E-state index contributed by atoms with van der Waals surface area (Å²) in [7, 11) is -3.59. The monoisotopic (exact) mass is 304 g/mol. The van der Waals surface area contributed by atoms with Gasteiger partial charge >= 0.3 is 0 Å². The molecule has 0 unspecified atom stereocenters. The quantitative estimate of drug-likeness (QED) is 0.816. The molecular formula is C16H13FO3S. The molecule has 1 aliphatic rings. The summed E-state index contributed by atoms with van der Waals surface area (Å²) in [5, 5.41) is -0.806. The largest absolute Gasteiger partial charge is 0.303 e. The van der Waals surface area contributed by atoms with Crippen LogP contribution in [0, 0.1) is 11.7 Å². The van der Waals surface area contributed by atoms with Crippen LogP contribution >= 0.6 is 0 Å². The van der Waals surface area contributed by atoms with Gasteiger partial charge in [-0.1, -0.05) is 30.3 Å². The summed E-state index contributed by atoms with van der Waals surface area (Å²) >= 11 is 0. The second kappa shape index (κ2) is 5.07. The molecule has 108 valence electrons. The second-order valence-electron chi connectivity index (χ2n) is 5.12. The van der Waals surface area contributed by atoms with Gasteiger partial charge in [0.1, 0.15) is 12.1 Å². The minimum atomic E-state index is -3.59. The fraction of sp³-hybridized carbons (Fsp3) is 0.188. The lowest BCUT2D eigenvalue weighted by molar-refractivity contribution is -0.108. The molecule has 0 N–H and O–H groups in total. The van der Waals surface area contributed by atoms with Crippen LogP contribution in [0.3, 0.4) is 0 Å². The first-order chi connectivity index (χ1) is 10.1. The topological polar surface area (TPSA) is 51.2 Å². The van der Waals surface area contributed by atoms with Crippen molar-refractivity contribution in [2.24, 2.45) is 5.92 Å². The van der Waals surface area contributed by atoms with Gasteiger partial charge in [0.25, 0.3) is 0 Å². The van der Waals surface area contributed by atoms with Crippen molar-refractivity contribution in [3.8, 4) is 0 Å². The molecule has 0 spiro atoms. The molecule has 0 aliphatic heterocycles. The van der Waals surface area contributed by atoms with Gasteiger partial charge in [0.15, 0.2) is 9.84 Å². The maximum atomic E-state index is 13.3. The van der Waals surface area contributed by atoms with Crippen LogP contribution < -0.4 is 0 Å². The Balaban J connectivity index is 1.98. The van der Waals surface area contributed by atoms with Gasteiger partial charge in [-0.05, 0) is 29.8 Å². The van der Waals surface area contributed by atoms with E-state index in [4.69, 9.17) is 0 Å². The Morgan fingerprint density at radius 3 is 2.33 bits per heavy atom. The van der Waals surface area contributed by atoms with Crippen LogP contribution in [0.25, 0.3) is 0 Å². The maximum absolute atomic E-state index is 13.3. The number of benzene rings is 2. The molecule has 0 saturated heterocycles. The molecule has 0 heterocycles. The number of rotatable bonds is 4. The third-order valence-corrected chi connectivity index (χ3v) is 6.08. The molecule has 2 aromatic carbocycles. The first kappa shape index (κ1) is 13.9. The van der Waals surface area contributed by atoms with Crippen LogP contribution in [0.5, 0.6) is 0 Å². The molecule has 3 atom stereocenters. The number of hydrogen-bond donors (Lipinski definition) is 0. The van der Waals surface area contributed by atoms with Gasteiger partial charge in [0.05, 0.1) is 10.1 Å². The van der Waals surface area contributed by atoms with Crippen molar-refractivity contribution in [1.29, 1.82) is 0 Å². The fourth-order valence-corrected chi connectivity index (χ4v) is 4.89. The normalized spacial score (nSPS) is 24.5. The highest BCUT2D eigenvalue weighted by molar-refractivity contribution is 7.92. The Kier molecular flexibility index (Phi) is 3.37. The molecule has 1 fully saturated rings. The molecular weight excluding hydrogens is 291 g/mol. The van der Waals surface area contributed by atoms with Crippen molar-refractivity contribution in [3.05, 3.63) is 66.0 Å². The van der Waals surface area contributed by atoms with Crippen LogP contribution in [0.15, 0.2) is 59.5 Å². The van der Waals surface area contributed by atoms with E-state index in [-0.39, 0.29) is 4.90 Å². The van der Waals surface area contributed by atoms with Crippen molar-refractivity contribution in [3.63, 3.8) is 0 Å². The molecule has 0 aromatic heterocycles. The third kappa shape index (κ3) is 2.38. The van der Waals surface area contributed by atoms with Gasteiger partial charge in [-0.2, -0.15) is 0 Å². The molecule has 0 radical (unpaired) electrons. The summed E-state index contributed by atoms with van der Waals surface area (Å²) in [5.74, 6) is -1.51. The summed E-state index contributed by atoms with van der Waals surface area (Å²) in [5.41, 5.74) is 0.552. The van der Waals surface area contributed by atoms with Crippen molar-refractivity contribution < 1.29 is 17.6 Å². The van der Waals surface area contributed by atoms with E-state index in [9.17, 15) is 17.6 Å².